The van der Waals surface area contributed by atoms with Gasteiger partial charge in [-0.15, -0.1) is 0 Å². The Balaban J connectivity index is 2.67. The minimum atomic E-state index is 0.550. The first kappa shape index (κ1) is 15.6. The number of aromatic nitrogens is 1. The van der Waals surface area contributed by atoms with Crippen molar-refractivity contribution in [3.63, 3.8) is 0 Å². The van der Waals surface area contributed by atoms with Crippen LogP contribution in [0.4, 0.5) is 0 Å². The first-order chi connectivity index (χ1) is 8.71. The zero-order valence-electron chi connectivity index (χ0n) is 11.7. The van der Waals surface area contributed by atoms with Gasteiger partial charge in [-0.2, -0.15) is 0 Å². The topological polar surface area (TPSA) is 24.9 Å². The molecule has 1 rings (SSSR count). The van der Waals surface area contributed by atoms with Crippen molar-refractivity contribution < 1.29 is 0 Å². The minimum absolute atomic E-state index is 0.550. The van der Waals surface area contributed by atoms with E-state index in [9.17, 15) is 0 Å². The highest BCUT2D eigenvalue weighted by molar-refractivity contribution is 9.10. The summed E-state index contributed by atoms with van der Waals surface area (Å²) >= 11 is 3.43. The van der Waals surface area contributed by atoms with E-state index in [1.807, 2.05) is 6.20 Å². The first-order valence-electron chi connectivity index (χ1n) is 7.05. The van der Waals surface area contributed by atoms with Crippen LogP contribution >= 0.6 is 15.9 Å². The smallest absolute Gasteiger partial charge is 0.0420 e. The SMILES string of the molecule is CCCNC(Cc1ccc(Br)cn1)C(CC)CC. The highest BCUT2D eigenvalue weighted by Crippen LogP contribution is 2.17. The van der Waals surface area contributed by atoms with Crippen molar-refractivity contribution in [2.75, 3.05) is 6.54 Å². The molecule has 1 aromatic rings. The lowest BCUT2D eigenvalue weighted by Crippen LogP contribution is -2.38. The van der Waals surface area contributed by atoms with Gasteiger partial charge in [-0.05, 0) is 46.9 Å². The van der Waals surface area contributed by atoms with Crippen molar-refractivity contribution in [2.45, 2.75) is 52.5 Å². The quantitative estimate of drug-likeness (QED) is 0.778. The van der Waals surface area contributed by atoms with Gasteiger partial charge in [0.2, 0.25) is 0 Å². The van der Waals surface area contributed by atoms with Crippen molar-refractivity contribution in [2.24, 2.45) is 5.92 Å². The van der Waals surface area contributed by atoms with Gasteiger partial charge >= 0.3 is 0 Å². The summed E-state index contributed by atoms with van der Waals surface area (Å²) in [4.78, 5) is 4.49. The number of hydrogen-bond donors (Lipinski definition) is 1. The molecule has 0 spiro atoms. The fraction of sp³-hybridized carbons (Fsp3) is 0.667. The van der Waals surface area contributed by atoms with Gasteiger partial charge < -0.3 is 5.32 Å². The van der Waals surface area contributed by atoms with E-state index in [-0.39, 0.29) is 0 Å². The molecule has 1 aromatic heterocycles. The average molecular weight is 313 g/mol. The summed E-state index contributed by atoms with van der Waals surface area (Å²) in [7, 11) is 0. The number of pyridine rings is 1. The predicted octanol–water partition coefficient (Wildman–Crippen LogP) is 4.19. The van der Waals surface area contributed by atoms with Crippen LogP contribution in [0.1, 0.15) is 45.7 Å². The summed E-state index contributed by atoms with van der Waals surface area (Å²) in [5, 5.41) is 3.68. The molecule has 3 heteroatoms. The van der Waals surface area contributed by atoms with E-state index in [0.29, 0.717) is 6.04 Å². The molecule has 0 radical (unpaired) electrons. The second kappa shape index (κ2) is 8.65. The Morgan fingerprint density at radius 1 is 1.22 bits per heavy atom. The molecule has 0 bridgehead atoms. The average Bonchev–Trinajstić information content (AvgIpc) is 2.39. The van der Waals surface area contributed by atoms with Gasteiger partial charge in [-0.25, -0.2) is 0 Å². The van der Waals surface area contributed by atoms with Crippen LogP contribution in [0, 0.1) is 5.92 Å². The Morgan fingerprint density at radius 2 is 1.94 bits per heavy atom. The van der Waals surface area contributed by atoms with E-state index in [4.69, 9.17) is 0 Å². The number of nitrogens with zero attached hydrogens (tertiary/aromatic N) is 1. The van der Waals surface area contributed by atoms with Crippen LogP contribution in [0.25, 0.3) is 0 Å². The van der Waals surface area contributed by atoms with Gasteiger partial charge in [0, 0.05) is 28.8 Å². The fourth-order valence-electron chi connectivity index (χ4n) is 2.35. The zero-order chi connectivity index (χ0) is 13.4. The third-order valence-electron chi connectivity index (χ3n) is 3.49. The monoisotopic (exact) mass is 312 g/mol. The van der Waals surface area contributed by atoms with E-state index >= 15 is 0 Å². The lowest BCUT2D eigenvalue weighted by Gasteiger charge is -2.26. The van der Waals surface area contributed by atoms with E-state index in [1.165, 1.54) is 25.0 Å². The van der Waals surface area contributed by atoms with Crippen molar-refractivity contribution in [3.05, 3.63) is 28.5 Å². The molecule has 0 aliphatic carbocycles. The second-order valence-electron chi connectivity index (χ2n) is 4.81. The first-order valence-corrected chi connectivity index (χ1v) is 7.84. The van der Waals surface area contributed by atoms with Crippen LogP contribution < -0.4 is 5.32 Å². The normalized spacial score (nSPS) is 12.9. The van der Waals surface area contributed by atoms with Crippen LogP contribution in [-0.4, -0.2) is 17.6 Å². The number of nitrogens with one attached hydrogen (secondary N) is 1. The Kier molecular flexibility index (Phi) is 7.52. The molecule has 1 heterocycles. The summed E-state index contributed by atoms with van der Waals surface area (Å²) < 4.78 is 1.05. The molecule has 1 atom stereocenters. The fourth-order valence-corrected chi connectivity index (χ4v) is 2.58. The highest BCUT2D eigenvalue weighted by Gasteiger charge is 2.18. The highest BCUT2D eigenvalue weighted by atomic mass is 79.9. The van der Waals surface area contributed by atoms with Crippen molar-refractivity contribution in [3.8, 4) is 0 Å². The summed E-state index contributed by atoms with van der Waals surface area (Å²) in [6.45, 7) is 7.88. The second-order valence-corrected chi connectivity index (χ2v) is 5.72. The zero-order valence-corrected chi connectivity index (χ0v) is 13.3. The van der Waals surface area contributed by atoms with Gasteiger partial charge in [0.15, 0.2) is 0 Å². The molecule has 0 aromatic carbocycles. The summed E-state index contributed by atoms with van der Waals surface area (Å²) in [6, 6.07) is 4.74. The van der Waals surface area contributed by atoms with Crippen LogP contribution in [0.3, 0.4) is 0 Å². The molecule has 0 saturated carbocycles. The lowest BCUT2D eigenvalue weighted by molar-refractivity contribution is 0.330. The summed E-state index contributed by atoms with van der Waals surface area (Å²) in [5.41, 5.74) is 1.18. The molecule has 0 aliphatic rings. The summed E-state index contributed by atoms with van der Waals surface area (Å²) in [5.74, 6) is 0.738. The van der Waals surface area contributed by atoms with Crippen molar-refractivity contribution in [1.82, 2.24) is 10.3 Å². The molecular weight excluding hydrogens is 288 g/mol. The minimum Gasteiger partial charge on any atom is -0.313 e. The lowest BCUT2D eigenvalue weighted by atomic mass is 9.90. The van der Waals surface area contributed by atoms with Gasteiger partial charge in [-0.1, -0.05) is 33.6 Å². The van der Waals surface area contributed by atoms with E-state index in [2.05, 4.69) is 59.1 Å². The predicted molar refractivity (Wildman–Crippen MR) is 81.8 cm³/mol. The van der Waals surface area contributed by atoms with Crippen LogP contribution in [0.15, 0.2) is 22.8 Å². The van der Waals surface area contributed by atoms with Gasteiger partial charge in [-0.3, -0.25) is 4.98 Å². The van der Waals surface area contributed by atoms with Crippen LogP contribution in [-0.2, 0) is 6.42 Å². The van der Waals surface area contributed by atoms with E-state index in [0.717, 1.165) is 23.4 Å². The number of hydrogen-bond acceptors (Lipinski definition) is 2. The van der Waals surface area contributed by atoms with Gasteiger partial charge in [0.1, 0.15) is 0 Å². The maximum atomic E-state index is 4.49. The molecule has 2 nitrogen and oxygen atoms in total. The molecule has 18 heavy (non-hydrogen) atoms. The summed E-state index contributed by atoms with van der Waals surface area (Å²) in [6.07, 6.45) is 6.56. The Bertz CT molecular complexity index is 320. The molecule has 0 fully saturated rings. The number of halogens is 1. The molecule has 1 unspecified atom stereocenters. The van der Waals surface area contributed by atoms with Crippen molar-refractivity contribution >= 4 is 15.9 Å². The largest absolute Gasteiger partial charge is 0.313 e. The van der Waals surface area contributed by atoms with Gasteiger partial charge in [0.05, 0.1) is 0 Å². The van der Waals surface area contributed by atoms with Crippen LogP contribution in [0.5, 0.6) is 0 Å². The molecule has 1 N–H and O–H groups in total. The molecular formula is C15H25BrN2. The number of rotatable bonds is 8. The van der Waals surface area contributed by atoms with E-state index in [1.54, 1.807) is 0 Å². The van der Waals surface area contributed by atoms with E-state index < -0.39 is 0 Å². The molecule has 0 amide bonds. The Hall–Kier alpha value is -0.410. The maximum absolute atomic E-state index is 4.49. The van der Waals surface area contributed by atoms with Gasteiger partial charge in [0.25, 0.3) is 0 Å². The third kappa shape index (κ3) is 5.07. The standard InChI is InChI=1S/C15H25BrN2/c1-4-9-17-15(12(5-2)6-3)10-14-8-7-13(16)11-18-14/h7-8,11-12,15,17H,4-6,9-10H2,1-3H3. The molecule has 0 aliphatic heterocycles. The van der Waals surface area contributed by atoms with Crippen LogP contribution in [0.2, 0.25) is 0 Å². The molecule has 0 saturated heterocycles. The van der Waals surface area contributed by atoms with Crippen molar-refractivity contribution in [1.29, 1.82) is 0 Å². The molecule has 102 valence electrons. The Morgan fingerprint density at radius 3 is 2.44 bits per heavy atom. The maximum Gasteiger partial charge on any atom is 0.0420 e. The Labute approximate surface area is 120 Å². The third-order valence-corrected chi connectivity index (χ3v) is 3.96.